The number of nitrogens with zero attached hydrogens (tertiary/aromatic N) is 8. The number of benzene rings is 2. The average Bonchev–Trinajstić information content (AvgIpc) is 4.01. The molecule has 1 aliphatic heterocycles. The van der Waals surface area contributed by atoms with Crippen molar-refractivity contribution in [3.05, 3.63) is 92.0 Å². The number of ketones is 2. The highest BCUT2D eigenvalue weighted by Gasteiger charge is 2.26. The number of aromatic nitrogens is 7. The van der Waals surface area contributed by atoms with Gasteiger partial charge in [-0.05, 0) is 57.9 Å². The van der Waals surface area contributed by atoms with Gasteiger partial charge in [0.2, 0.25) is 11.8 Å². The van der Waals surface area contributed by atoms with Crippen molar-refractivity contribution < 1.29 is 37.8 Å². The van der Waals surface area contributed by atoms with Crippen molar-refractivity contribution in [1.82, 2.24) is 38.8 Å². The maximum Gasteiger partial charge on any atom is 0.248 e. The standard InChI is InChI=1S/C44H51FN10O7S/c1-6-29-42(63-26(4)48-29)33(57)24-37-49-30-19-27(43(46)58)21-34(60-5)39(30)53(37)12-8-9-13-54-36(23-32(56)41-38(45)25(3)51-55(41)7-2)50-31-20-28(44(47)59)22-35(40(31)54)62-16-10-11-52-14-17-61-18-15-52/h8-9,19-22H,6-7,10-18,23-24H2,1-5H3,(H2,46,58)(H2,47,59)/b9-8+. The Morgan fingerprint density at radius 2 is 1.44 bits per heavy atom. The number of primary amides is 2. The fraction of sp³-hybridized carbons (Fsp3) is 0.409. The Labute approximate surface area is 366 Å². The number of hydrogen-bond acceptors (Lipinski definition) is 13. The normalized spacial score (nSPS) is 13.4. The van der Waals surface area contributed by atoms with E-state index in [2.05, 4.69) is 15.0 Å². The van der Waals surface area contributed by atoms with Crippen LogP contribution >= 0.6 is 11.3 Å². The first-order chi connectivity index (χ1) is 30.3. The smallest absolute Gasteiger partial charge is 0.248 e. The Morgan fingerprint density at radius 3 is 2.02 bits per heavy atom. The van der Waals surface area contributed by atoms with Gasteiger partial charge in [-0.1, -0.05) is 19.1 Å². The third-order valence-corrected chi connectivity index (χ3v) is 12.0. The molecule has 4 aromatic heterocycles. The number of carbonyl (C=O) groups is 4. The molecule has 0 bridgehead atoms. The van der Waals surface area contributed by atoms with Crippen molar-refractivity contribution in [1.29, 1.82) is 0 Å². The number of allylic oxidation sites excluding steroid dienone is 2. The van der Waals surface area contributed by atoms with Gasteiger partial charge in [-0.25, -0.2) is 19.3 Å². The number of amides is 2. The Kier molecular flexibility index (Phi) is 13.8. The molecule has 0 saturated carbocycles. The first-order valence-corrected chi connectivity index (χ1v) is 21.7. The molecule has 2 aromatic carbocycles. The number of aryl methyl sites for hydroxylation is 4. The summed E-state index contributed by atoms with van der Waals surface area (Å²) in [5.41, 5.74) is 14.4. The quantitative estimate of drug-likeness (QED) is 0.0601. The van der Waals surface area contributed by atoms with Crippen LogP contribution in [-0.4, -0.2) is 109 Å². The van der Waals surface area contributed by atoms with E-state index in [9.17, 15) is 19.2 Å². The highest BCUT2D eigenvalue weighted by Crippen LogP contribution is 2.32. The Hall–Kier alpha value is -6.31. The SMILES string of the molecule is CCc1nc(C)sc1C(=O)Cc1nc2cc(C(N)=O)cc(OC)c2n1C/C=C/Cn1c(CC(=O)c2c(F)c(C)nn2CC)nc2cc(C(N)=O)cc(OCCCN3CCOCC3)c21. The summed E-state index contributed by atoms with van der Waals surface area (Å²) in [6.45, 7) is 11.9. The molecule has 2 amide bonds. The zero-order chi connectivity index (χ0) is 44.9. The van der Waals surface area contributed by atoms with E-state index in [1.165, 1.54) is 30.1 Å². The topological polar surface area (TPSA) is 218 Å². The summed E-state index contributed by atoms with van der Waals surface area (Å²) in [5, 5.41) is 4.99. The van der Waals surface area contributed by atoms with Crippen molar-refractivity contribution in [3.63, 3.8) is 0 Å². The minimum atomic E-state index is -0.693. The number of morpholine rings is 1. The van der Waals surface area contributed by atoms with Crippen molar-refractivity contribution >= 4 is 56.8 Å². The largest absolute Gasteiger partial charge is 0.494 e. The van der Waals surface area contributed by atoms with Crippen LogP contribution in [0.2, 0.25) is 0 Å². The average molecular weight is 883 g/mol. The Balaban J connectivity index is 1.26. The molecule has 4 N–H and O–H groups in total. The molecule has 0 radical (unpaired) electrons. The maximum absolute atomic E-state index is 15.4. The number of Topliss-reactive ketones (excluding diaryl/α,β-unsaturated/α-hetero) is 2. The second-order valence-electron chi connectivity index (χ2n) is 15.1. The van der Waals surface area contributed by atoms with Gasteiger partial charge in [-0.2, -0.15) is 5.10 Å². The number of nitrogens with two attached hydrogens (primary N) is 2. The van der Waals surface area contributed by atoms with E-state index in [0.717, 1.165) is 30.3 Å². The molecule has 1 saturated heterocycles. The van der Waals surface area contributed by atoms with Gasteiger partial charge in [0, 0.05) is 50.4 Å². The van der Waals surface area contributed by atoms with Crippen LogP contribution in [0.4, 0.5) is 4.39 Å². The van der Waals surface area contributed by atoms with E-state index >= 15 is 4.39 Å². The van der Waals surface area contributed by atoms with Crippen LogP contribution in [0.15, 0.2) is 36.4 Å². The van der Waals surface area contributed by atoms with Gasteiger partial charge in [0.05, 0.1) is 72.1 Å². The van der Waals surface area contributed by atoms with Crippen molar-refractivity contribution in [2.24, 2.45) is 11.5 Å². The lowest BCUT2D eigenvalue weighted by molar-refractivity contribution is 0.0358. The molecule has 63 heavy (non-hydrogen) atoms. The summed E-state index contributed by atoms with van der Waals surface area (Å²) >= 11 is 1.34. The van der Waals surface area contributed by atoms with Crippen LogP contribution < -0.4 is 20.9 Å². The van der Waals surface area contributed by atoms with Crippen LogP contribution in [0.5, 0.6) is 11.5 Å². The molecule has 0 aliphatic carbocycles. The zero-order valence-corrected chi connectivity index (χ0v) is 36.8. The summed E-state index contributed by atoms with van der Waals surface area (Å²) < 4.78 is 37.9. The monoisotopic (exact) mass is 882 g/mol. The van der Waals surface area contributed by atoms with Crippen molar-refractivity contribution in [2.45, 2.75) is 73.0 Å². The van der Waals surface area contributed by atoms with Crippen LogP contribution in [-0.2, 0) is 43.6 Å². The van der Waals surface area contributed by atoms with E-state index in [0.29, 0.717) is 82.8 Å². The van der Waals surface area contributed by atoms with Gasteiger partial charge in [0.1, 0.15) is 39.9 Å². The number of methoxy groups -OCH3 is 1. The highest BCUT2D eigenvalue weighted by atomic mass is 32.1. The molecule has 7 rings (SSSR count). The summed E-state index contributed by atoms with van der Waals surface area (Å²) in [6, 6.07) is 6.24. The Bertz CT molecular complexity index is 2740. The van der Waals surface area contributed by atoms with Gasteiger partial charge in [0.15, 0.2) is 17.4 Å². The molecular weight excluding hydrogens is 832 g/mol. The fourth-order valence-electron chi connectivity index (χ4n) is 7.86. The zero-order valence-electron chi connectivity index (χ0n) is 36.0. The summed E-state index contributed by atoms with van der Waals surface area (Å²) in [4.78, 5) is 69.6. The summed E-state index contributed by atoms with van der Waals surface area (Å²) in [6.07, 6.45) is 4.68. The third-order valence-electron chi connectivity index (χ3n) is 10.9. The van der Waals surface area contributed by atoms with Crippen LogP contribution in [0.1, 0.15) is 89.2 Å². The highest BCUT2D eigenvalue weighted by molar-refractivity contribution is 7.13. The van der Waals surface area contributed by atoms with E-state index in [-0.39, 0.29) is 60.8 Å². The molecule has 19 heteroatoms. The summed E-state index contributed by atoms with van der Waals surface area (Å²) in [5.74, 6) is -1.26. The molecular formula is C44H51FN10O7S. The molecule has 17 nitrogen and oxygen atoms in total. The minimum Gasteiger partial charge on any atom is -0.494 e. The fourth-order valence-corrected chi connectivity index (χ4v) is 8.80. The van der Waals surface area contributed by atoms with E-state index < -0.39 is 23.4 Å². The number of ether oxygens (including phenoxy) is 3. The van der Waals surface area contributed by atoms with E-state index in [4.69, 9.17) is 35.6 Å². The number of imidazole rings is 2. The summed E-state index contributed by atoms with van der Waals surface area (Å²) in [7, 11) is 1.48. The second kappa shape index (κ2) is 19.4. The minimum absolute atomic E-state index is 0.0521. The van der Waals surface area contributed by atoms with Gasteiger partial charge >= 0.3 is 0 Å². The molecule has 0 spiro atoms. The molecule has 332 valence electrons. The van der Waals surface area contributed by atoms with Gasteiger partial charge in [0.25, 0.3) is 0 Å². The number of carbonyl (C=O) groups excluding carboxylic acids is 4. The molecule has 1 aliphatic rings. The van der Waals surface area contributed by atoms with E-state index in [1.807, 2.05) is 30.6 Å². The van der Waals surface area contributed by atoms with Crippen molar-refractivity contribution in [2.75, 3.05) is 46.6 Å². The first kappa shape index (κ1) is 44.7. The molecule has 5 heterocycles. The van der Waals surface area contributed by atoms with Gasteiger partial charge < -0.3 is 34.8 Å². The predicted octanol–water partition coefficient (Wildman–Crippen LogP) is 4.79. The van der Waals surface area contributed by atoms with Crippen LogP contribution in [0.25, 0.3) is 22.1 Å². The second-order valence-corrected chi connectivity index (χ2v) is 16.4. The number of fused-ring (bicyclic) bond motifs is 2. The van der Waals surface area contributed by atoms with Gasteiger partial charge in [-0.15, -0.1) is 11.3 Å². The van der Waals surface area contributed by atoms with Gasteiger partial charge in [-0.3, -0.25) is 28.8 Å². The van der Waals surface area contributed by atoms with Crippen LogP contribution in [0, 0.1) is 19.7 Å². The molecule has 1 fully saturated rings. The van der Waals surface area contributed by atoms with Crippen molar-refractivity contribution in [3.8, 4) is 11.5 Å². The van der Waals surface area contributed by atoms with Crippen LogP contribution in [0.3, 0.4) is 0 Å². The lowest BCUT2D eigenvalue weighted by Crippen LogP contribution is -2.37. The number of hydrogen-bond donors (Lipinski definition) is 2. The molecule has 0 unspecified atom stereocenters. The van der Waals surface area contributed by atoms with E-state index in [1.54, 1.807) is 35.8 Å². The Morgan fingerprint density at radius 1 is 0.857 bits per heavy atom. The number of halogens is 1. The lowest BCUT2D eigenvalue weighted by Gasteiger charge is -2.26. The third kappa shape index (κ3) is 9.54. The number of thiazole rings is 1. The molecule has 0 atom stereocenters. The predicted molar refractivity (Wildman–Crippen MR) is 234 cm³/mol. The first-order valence-electron chi connectivity index (χ1n) is 20.8. The molecule has 6 aromatic rings. The lowest BCUT2D eigenvalue weighted by atomic mass is 10.1. The maximum atomic E-state index is 15.4. The number of rotatable bonds is 20.